The van der Waals surface area contributed by atoms with Crippen LogP contribution < -0.4 is 5.43 Å². The van der Waals surface area contributed by atoms with Gasteiger partial charge in [-0.1, -0.05) is 0 Å². The van der Waals surface area contributed by atoms with Crippen LogP contribution in [0.5, 0.6) is 0 Å². The van der Waals surface area contributed by atoms with Gasteiger partial charge in [0.25, 0.3) is 0 Å². The maximum Gasteiger partial charge on any atom is 0.190 e. The lowest BCUT2D eigenvalue weighted by molar-refractivity contribution is 1.28. The highest BCUT2D eigenvalue weighted by atomic mass is 16.1. The van der Waals surface area contributed by atoms with Gasteiger partial charge in [0.15, 0.2) is 5.43 Å². The number of nitrogens with zero attached hydrogens (tertiary/aromatic N) is 2. The van der Waals surface area contributed by atoms with Gasteiger partial charge in [0.05, 0.1) is 11.7 Å². The zero-order valence-electron chi connectivity index (χ0n) is 8.92. The number of rotatable bonds is 1. The van der Waals surface area contributed by atoms with Crippen molar-refractivity contribution in [3.8, 4) is 11.3 Å². The zero-order chi connectivity index (χ0) is 11.7. The average molecular weight is 223 g/mol. The van der Waals surface area contributed by atoms with Crippen molar-refractivity contribution in [1.82, 2.24) is 15.0 Å². The minimum atomic E-state index is -0.00652. The number of hydrogen-bond donors (Lipinski definition) is 1. The third-order valence-corrected chi connectivity index (χ3v) is 2.62. The van der Waals surface area contributed by atoms with Crippen molar-refractivity contribution < 1.29 is 0 Å². The average Bonchev–Trinajstić information content (AvgIpc) is 2.40. The molecule has 4 heteroatoms. The van der Waals surface area contributed by atoms with Crippen LogP contribution in [0.4, 0.5) is 0 Å². The summed E-state index contributed by atoms with van der Waals surface area (Å²) in [6.45, 7) is 0. The lowest BCUT2D eigenvalue weighted by atomic mass is 10.1. The third kappa shape index (κ3) is 1.69. The van der Waals surface area contributed by atoms with Crippen LogP contribution in [0.15, 0.2) is 53.8 Å². The molecule has 3 aromatic rings. The van der Waals surface area contributed by atoms with E-state index in [9.17, 15) is 4.79 Å². The van der Waals surface area contributed by atoms with Crippen molar-refractivity contribution >= 4 is 10.9 Å². The summed E-state index contributed by atoms with van der Waals surface area (Å²) in [5, 5.41) is 0.651. The van der Waals surface area contributed by atoms with E-state index in [-0.39, 0.29) is 5.43 Å². The number of nitrogens with one attached hydrogen (secondary N) is 1. The predicted octanol–water partition coefficient (Wildman–Crippen LogP) is 1.99. The molecule has 3 heterocycles. The van der Waals surface area contributed by atoms with E-state index in [0.717, 1.165) is 16.8 Å². The smallest absolute Gasteiger partial charge is 0.190 e. The number of pyridine rings is 3. The van der Waals surface area contributed by atoms with Crippen LogP contribution in [-0.4, -0.2) is 15.0 Å². The Bertz CT molecular complexity index is 719. The molecule has 0 saturated carbocycles. The molecule has 0 amide bonds. The molecule has 1 N–H and O–H groups in total. The van der Waals surface area contributed by atoms with E-state index in [1.165, 1.54) is 0 Å². The molecule has 0 fully saturated rings. The third-order valence-electron chi connectivity index (χ3n) is 2.62. The van der Waals surface area contributed by atoms with E-state index in [1.807, 2.05) is 12.1 Å². The van der Waals surface area contributed by atoms with Crippen LogP contribution in [0.2, 0.25) is 0 Å². The maximum absolute atomic E-state index is 11.9. The maximum atomic E-state index is 11.9. The molecule has 4 nitrogen and oxygen atoms in total. The molecule has 0 atom stereocenters. The molecule has 82 valence electrons. The van der Waals surface area contributed by atoms with Gasteiger partial charge in [0.2, 0.25) is 0 Å². The topological polar surface area (TPSA) is 58.6 Å². The minimum Gasteiger partial charge on any atom is -0.353 e. The zero-order valence-corrected chi connectivity index (χ0v) is 8.92. The first-order valence-corrected chi connectivity index (χ1v) is 5.22. The van der Waals surface area contributed by atoms with Crippen LogP contribution in [0.1, 0.15) is 0 Å². The molecule has 0 saturated heterocycles. The first kappa shape index (κ1) is 9.72. The van der Waals surface area contributed by atoms with Gasteiger partial charge in [0.1, 0.15) is 0 Å². The fraction of sp³-hybridized carbons (Fsp3) is 0. The molecule has 3 aromatic heterocycles. The van der Waals surface area contributed by atoms with Crippen molar-refractivity contribution in [2.45, 2.75) is 0 Å². The number of hydrogen-bond acceptors (Lipinski definition) is 3. The fourth-order valence-electron chi connectivity index (χ4n) is 1.79. The second-order valence-corrected chi connectivity index (χ2v) is 3.70. The highest BCUT2D eigenvalue weighted by Gasteiger charge is 2.03. The van der Waals surface area contributed by atoms with E-state index in [1.54, 1.807) is 36.9 Å². The van der Waals surface area contributed by atoms with Crippen molar-refractivity contribution in [2.24, 2.45) is 0 Å². The van der Waals surface area contributed by atoms with Gasteiger partial charge >= 0.3 is 0 Å². The highest BCUT2D eigenvalue weighted by Crippen LogP contribution is 2.16. The summed E-state index contributed by atoms with van der Waals surface area (Å²) >= 11 is 0. The first-order valence-electron chi connectivity index (χ1n) is 5.22. The van der Waals surface area contributed by atoms with Gasteiger partial charge in [-0.2, -0.15) is 0 Å². The number of aromatic nitrogens is 3. The normalized spacial score (nSPS) is 10.6. The van der Waals surface area contributed by atoms with Crippen LogP contribution in [0.3, 0.4) is 0 Å². The van der Waals surface area contributed by atoms with Gasteiger partial charge in [-0.25, -0.2) is 0 Å². The molecular formula is C13H9N3O. The SMILES string of the molecule is O=c1cc(-c2ccncc2)[nH]c2cnccc12. The molecule has 0 aliphatic rings. The number of H-pyrrole nitrogens is 1. The van der Waals surface area contributed by atoms with Gasteiger partial charge in [-0.05, 0) is 18.2 Å². The molecule has 0 aromatic carbocycles. The van der Waals surface area contributed by atoms with E-state index >= 15 is 0 Å². The highest BCUT2D eigenvalue weighted by molar-refractivity contribution is 5.80. The van der Waals surface area contributed by atoms with Crippen molar-refractivity contribution in [3.05, 3.63) is 59.3 Å². The summed E-state index contributed by atoms with van der Waals surface area (Å²) in [4.78, 5) is 23.1. The predicted molar refractivity (Wildman–Crippen MR) is 65.6 cm³/mol. The summed E-state index contributed by atoms with van der Waals surface area (Å²) in [7, 11) is 0. The second kappa shape index (κ2) is 3.83. The molecule has 0 spiro atoms. The Morgan fingerprint density at radius 2 is 1.76 bits per heavy atom. The Morgan fingerprint density at radius 3 is 2.59 bits per heavy atom. The minimum absolute atomic E-state index is 0.00652. The fourth-order valence-corrected chi connectivity index (χ4v) is 1.79. The molecular weight excluding hydrogens is 214 g/mol. The molecule has 0 aliphatic carbocycles. The van der Waals surface area contributed by atoms with E-state index in [4.69, 9.17) is 0 Å². The van der Waals surface area contributed by atoms with Gasteiger partial charge in [0, 0.05) is 41.3 Å². The second-order valence-electron chi connectivity index (χ2n) is 3.70. The Hall–Kier alpha value is -2.49. The van der Waals surface area contributed by atoms with E-state index in [2.05, 4.69) is 15.0 Å². The first-order chi connectivity index (χ1) is 8.34. The Morgan fingerprint density at radius 1 is 1.00 bits per heavy atom. The van der Waals surface area contributed by atoms with Crippen LogP contribution in [0, 0.1) is 0 Å². The van der Waals surface area contributed by atoms with Crippen LogP contribution in [0.25, 0.3) is 22.2 Å². The van der Waals surface area contributed by atoms with Gasteiger partial charge in [-0.15, -0.1) is 0 Å². The molecule has 3 rings (SSSR count). The summed E-state index contributed by atoms with van der Waals surface area (Å²) in [6.07, 6.45) is 6.66. The Labute approximate surface area is 97.0 Å². The Kier molecular flexibility index (Phi) is 2.19. The summed E-state index contributed by atoms with van der Waals surface area (Å²) in [5.41, 5.74) is 2.44. The van der Waals surface area contributed by atoms with E-state index in [0.29, 0.717) is 5.39 Å². The summed E-state index contributed by atoms with van der Waals surface area (Å²) in [6, 6.07) is 7.02. The quantitative estimate of drug-likeness (QED) is 0.686. The molecule has 0 aliphatic heterocycles. The summed E-state index contributed by atoms with van der Waals surface area (Å²) < 4.78 is 0. The van der Waals surface area contributed by atoms with Crippen LogP contribution in [-0.2, 0) is 0 Å². The number of fused-ring (bicyclic) bond motifs is 1. The number of aromatic amines is 1. The molecule has 0 bridgehead atoms. The molecule has 0 radical (unpaired) electrons. The Balaban J connectivity index is 2.30. The molecule has 17 heavy (non-hydrogen) atoms. The van der Waals surface area contributed by atoms with Crippen LogP contribution >= 0.6 is 0 Å². The standard InChI is InChI=1S/C13H9N3O/c17-13-7-11(9-1-4-14-5-2-9)16-12-8-15-6-3-10(12)13/h1-8H,(H,16,17). The van der Waals surface area contributed by atoms with Gasteiger partial charge < -0.3 is 4.98 Å². The van der Waals surface area contributed by atoms with E-state index < -0.39 is 0 Å². The summed E-state index contributed by atoms with van der Waals surface area (Å²) in [5.74, 6) is 0. The van der Waals surface area contributed by atoms with Crippen molar-refractivity contribution in [3.63, 3.8) is 0 Å². The molecule has 0 unspecified atom stereocenters. The van der Waals surface area contributed by atoms with Crippen molar-refractivity contribution in [2.75, 3.05) is 0 Å². The lowest BCUT2D eigenvalue weighted by Crippen LogP contribution is -2.03. The lowest BCUT2D eigenvalue weighted by Gasteiger charge is -2.03. The van der Waals surface area contributed by atoms with Gasteiger partial charge in [-0.3, -0.25) is 14.8 Å². The van der Waals surface area contributed by atoms with Crippen molar-refractivity contribution in [1.29, 1.82) is 0 Å². The largest absolute Gasteiger partial charge is 0.353 e. The monoisotopic (exact) mass is 223 g/mol.